The van der Waals surface area contributed by atoms with E-state index in [1.807, 2.05) is 74.5 Å². The van der Waals surface area contributed by atoms with Crippen molar-refractivity contribution in [1.29, 1.82) is 0 Å². The molecule has 0 aromatic heterocycles. The van der Waals surface area contributed by atoms with Gasteiger partial charge in [-0.05, 0) is 73.5 Å². The SMILES string of the molecule is CC(C)NC(=O)[C@@H](Cc1ccccc1)N(Cc1ccc(Cl)c(Cl)c1)C(=O)CCCSc1ccc(Cl)cc1. The van der Waals surface area contributed by atoms with Crippen LogP contribution in [-0.2, 0) is 22.6 Å². The van der Waals surface area contributed by atoms with Crippen molar-refractivity contribution in [1.82, 2.24) is 10.2 Å². The number of hydrogen-bond acceptors (Lipinski definition) is 3. The fourth-order valence-electron chi connectivity index (χ4n) is 3.86. The summed E-state index contributed by atoms with van der Waals surface area (Å²) in [6.07, 6.45) is 1.40. The third-order valence-electron chi connectivity index (χ3n) is 5.66. The molecule has 1 atom stereocenters. The highest BCUT2D eigenvalue weighted by molar-refractivity contribution is 7.99. The molecule has 3 aromatic carbocycles. The number of thioether (sulfide) groups is 1. The van der Waals surface area contributed by atoms with Gasteiger partial charge in [0.25, 0.3) is 0 Å². The molecule has 3 rings (SSSR count). The first-order valence-electron chi connectivity index (χ1n) is 12.2. The second kappa shape index (κ2) is 14.7. The molecule has 0 aliphatic rings. The predicted octanol–water partition coefficient (Wildman–Crippen LogP) is 7.68. The molecule has 0 unspecified atom stereocenters. The molecule has 0 heterocycles. The highest BCUT2D eigenvalue weighted by Crippen LogP contribution is 2.25. The summed E-state index contributed by atoms with van der Waals surface area (Å²) in [6.45, 7) is 4.08. The van der Waals surface area contributed by atoms with E-state index in [0.29, 0.717) is 34.3 Å². The predicted molar refractivity (Wildman–Crippen MR) is 156 cm³/mol. The minimum atomic E-state index is -0.671. The van der Waals surface area contributed by atoms with Crippen LogP contribution in [0.5, 0.6) is 0 Å². The van der Waals surface area contributed by atoms with Crippen molar-refractivity contribution in [3.63, 3.8) is 0 Å². The molecule has 3 aromatic rings. The Kier molecular flexibility index (Phi) is 11.7. The number of carbonyl (C=O) groups excluding carboxylic acids is 2. The minimum absolute atomic E-state index is 0.0523. The van der Waals surface area contributed by atoms with Gasteiger partial charge in [0.05, 0.1) is 10.0 Å². The van der Waals surface area contributed by atoms with Gasteiger partial charge in [0.2, 0.25) is 11.8 Å². The lowest BCUT2D eigenvalue weighted by atomic mass is 10.0. The Morgan fingerprint density at radius 2 is 1.59 bits per heavy atom. The maximum atomic E-state index is 13.6. The third-order valence-corrected chi connectivity index (χ3v) is 7.75. The molecule has 4 nitrogen and oxygen atoms in total. The lowest BCUT2D eigenvalue weighted by Gasteiger charge is -2.32. The molecule has 8 heteroatoms. The van der Waals surface area contributed by atoms with Crippen molar-refractivity contribution in [3.8, 4) is 0 Å². The van der Waals surface area contributed by atoms with E-state index in [0.717, 1.165) is 21.8 Å². The van der Waals surface area contributed by atoms with Gasteiger partial charge in [0.1, 0.15) is 6.04 Å². The summed E-state index contributed by atoms with van der Waals surface area (Å²) in [5.41, 5.74) is 1.80. The second-order valence-corrected chi connectivity index (χ2v) is 11.5. The zero-order valence-corrected chi connectivity index (χ0v) is 24.0. The van der Waals surface area contributed by atoms with Crippen LogP contribution < -0.4 is 5.32 Å². The van der Waals surface area contributed by atoms with E-state index < -0.39 is 6.04 Å². The Morgan fingerprint density at radius 1 is 0.892 bits per heavy atom. The topological polar surface area (TPSA) is 49.4 Å². The van der Waals surface area contributed by atoms with E-state index in [1.165, 1.54) is 0 Å². The Bertz CT molecular complexity index is 1170. The van der Waals surface area contributed by atoms with Gasteiger partial charge in [-0.25, -0.2) is 0 Å². The van der Waals surface area contributed by atoms with E-state index in [2.05, 4.69) is 5.32 Å². The molecule has 2 amide bonds. The van der Waals surface area contributed by atoms with Gasteiger partial charge in [-0.3, -0.25) is 9.59 Å². The van der Waals surface area contributed by atoms with Gasteiger partial charge in [0.15, 0.2) is 0 Å². The van der Waals surface area contributed by atoms with Crippen molar-refractivity contribution >= 4 is 58.4 Å². The summed E-state index contributed by atoms with van der Waals surface area (Å²) in [7, 11) is 0. The molecule has 0 saturated heterocycles. The zero-order chi connectivity index (χ0) is 26.8. The zero-order valence-electron chi connectivity index (χ0n) is 20.9. The van der Waals surface area contributed by atoms with Crippen LogP contribution in [-0.4, -0.2) is 34.6 Å². The van der Waals surface area contributed by atoms with Crippen molar-refractivity contribution in [2.45, 2.75) is 56.6 Å². The first-order valence-corrected chi connectivity index (χ1v) is 14.3. The Balaban J connectivity index is 1.80. The van der Waals surface area contributed by atoms with E-state index in [9.17, 15) is 9.59 Å². The summed E-state index contributed by atoms with van der Waals surface area (Å²) in [5.74, 6) is 0.514. The normalized spacial score (nSPS) is 11.8. The van der Waals surface area contributed by atoms with Gasteiger partial charge in [-0.15, -0.1) is 11.8 Å². The number of nitrogens with zero attached hydrogens (tertiary/aromatic N) is 1. The molecule has 0 spiro atoms. The van der Waals surface area contributed by atoms with Crippen molar-refractivity contribution in [2.24, 2.45) is 0 Å². The van der Waals surface area contributed by atoms with E-state index in [1.54, 1.807) is 28.8 Å². The van der Waals surface area contributed by atoms with Crippen LogP contribution in [0, 0.1) is 0 Å². The summed E-state index contributed by atoms with van der Waals surface area (Å²) in [4.78, 5) is 29.8. The van der Waals surface area contributed by atoms with Gasteiger partial charge in [-0.1, -0.05) is 71.2 Å². The maximum Gasteiger partial charge on any atom is 0.243 e. The van der Waals surface area contributed by atoms with Gasteiger partial charge in [-0.2, -0.15) is 0 Å². The quantitative estimate of drug-likeness (QED) is 0.177. The molecule has 196 valence electrons. The summed E-state index contributed by atoms with van der Waals surface area (Å²) in [6, 6.07) is 22.0. The number of amides is 2. The summed E-state index contributed by atoms with van der Waals surface area (Å²) >= 11 is 20.0. The number of benzene rings is 3. The average molecular weight is 578 g/mol. The fraction of sp³-hybridized carbons (Fsp3) is 0.310. The van der Waals surface area contributed by atoms with E-state index >= 15 is 0 Å². The van der Waals surface area contributed by atoms with Crippen LogP contribution in [0.1, 0.15) is 37.8 Å². The molecule has 0 fully saturated rings. The van der Waals surface area contributed by atoms with Crippen LogP contribution in [0.2, 0.25) is 15.1 Å². The average Bonchev–Trinajstić information content (AvgIpc) is 2.87. The lowest BCUT2D eigenvalue weighted by molar-refractivity contribution is -0.141. The molecule has 0 aliphatic heterocycles. The number of halogens is 3. The Morgan fingerprint density at radius 3 is 2.24 bits per heavy atom. The standard InChI is InChI=1S/C29H31Cl3N2O2S/c1-20(2)33-29(36)27(18-21-7-4-3-5-8-21)34(19-22-10-15-25(31)26(32)17-22)28(35)9-6-16-37-24-13-11-23(30)12-14-24/h3-5,7-8,10-15,17,20,27H,6,9,16,18-19H2,1-2H3,(H,33,36)/t27-/m1/s1. The van der Waals surface area contributed by atoms with E-state index in [-0.39, 0.29) is 24.4 Å². The number of carbonyl (C=O) groups is 2. The van der Waals surface area contributed by atoms with Gasteiger partial charge >= 0.3 is 0 Å². The van der Waals surface area contributed by atoms with Crippen molar-refractivity contribution in [2.75, 3.05) is 5.75 Å². The first kappa shape index (κ1) is 29.4. The second-order valence-electron chi connectivity index (χ2n) is 9.04. The molecule has 37 heavy (non-hydrogen) atoms. The molecule has 0 radical (unpaired) electrons. The molecular formula is C29H31Cl3N2O2S. The first-order chi connectivity index (χ1) is 17.7. The Hall–Kier alpha value is -2.18. The molecule has 0 bridgehead atoms. The highest BCUT2D eigenvalue weighted by atomic mass is 35.5. The third kappa shape index (κ3) is 9.57. The van der Waals surface area contributed by atoms with Crippen LogP contribution >= 0.6 is 46.6 Å². The summed E-state index contributed by atoms with van der Waals surface area (Å²) < 4.78 is 0. The molecular weight excluding hydrogens is 547 g/mol. The van der Waals surface area contributed by atoms with Crippen LogP contribution in [0.4, 0.5) is 0 Å². The maximum absolute atomic E-state index is 13.6. The van der Waals surface area contributed by atoms with Crippen molar-refractivity contribution < 1.29 is 9.59 Å². The lowest BCUT2D eigenvalue weighted by Crippen LogP contribution is -2.51. The van der Waals surface area contributed by atoms with Crippen LogP contribution in [0.15, 0.2) is 77.7 Å². The van der Waals surface area contributed by atoms with Crippen molar-refractivity contribution in [3.05, 3.63) is 99.0 Å². The van der Waals surface area contributed by atoms with Crippen LogP contribution in [0.25, 0.3) is 0 Å². The fourth-order valence-corrected chi connectivity index (χ4v) is 5.16. The van der Waals surface area contributed by atoms with Gasteiger partial charge < -0.3 is 10.2 Å². The smallest absolute Gasteiger partial charge is 0.243 e. The molecule has 1 N–H and O–H groups in total. The summed E-state index contributed by atoms with van der Waals surface area (Å²) in [5, 5.41) is 4.56. The monoisotopic (exact) mass is 576 g/mol. The largest absolute Gasteiger partial charge is 0.352 e. The highest BCUT2D eigenvalue weighted by Gasteiger charge is 2.30. The number of rotatable bonds is 12. The van der Waals surface area contributed by atoms with Gasteiger partial charge in [0, 0.05) is 35.3 Å². The number of hydrogen-bond donors (Lipinski definition) is 1. The minimum Gasteiger partial charge on any atom is -0.352 e. The van der Waals surface area contributed by atoms with Crippen LogP contribution in [0.3, 0.4) is 0 Å². The Labute approximate surface area is 238 Å². The number of nitrogens with one attached hydrogen (secondary N) is 1. The molecule has 0 saturated carbocycles. The van der Waals surface area contributed by atoms with E-state index in [4.69, 9.17) is 34.8 Å². The molecule has 0 aliphatic carbocycles.